The average molecular weight is 268 g/mol. The lowest BCUT2D eigenvalue weighted by Gasteiger charge is -2.38. The standard InChI is InChI=1S/C17H36N2/c1-5-6-7-8-9-10-16(2)18-15-17(3)11-13-19(4)14-12-17/h16,18H,5-15H2,1-4H3. The van der Waals surface area contributed by atoms with E-state index in [9.17, 15) is 0 Å². The zero-order valence-corrected chi connectivity index (χ0v) is 13.8. The minimum Gasteiger partial charge on any atom is -0.314 e. The lowest BCUT2D eigenvalue weighted by atomic mass is 9.80. The summed E-state index contributed by atoms with van der Waals surface area (Å²) in [5.41, 5.74) is 0.531. The van der Waals surface area contributed by atoms with E-state index < -0.39 is 0 Å². The number of hydrogen-bond donors (Lipinski definition) is 1. The van der Waals surface area contributed by atoms with Crippen molar-refractivity contribution >= 4 is 0 Å². The maximum absolute atomic E-state index is 3.78. The van der Waals surface area contributed by atoms with Gasteiger partial charge in [-0.3, -0.25) is 0 Å². The smallest absolute Gasteiger partial charge is 0.00389 e. The molecular formula is C17H36N2. The van der Waals surface area contributed by atoms with Crippen LogP contribution < -0.4 is 5.32 Å². The van der Waals surface area contributed by atoms with Crippen LogP contribution >= 0.6 is 0 Å². The Labute approximate surface area is 121 Å². The van der Waals surface area contributed by atoms with Gasteiger partial charge in [-0.15, -0.1) is 0 Å². The molecule has 0 aromatic carbocycles. The highest BCUT2D eigenvalue weighted by Crippen LogP contribution is 2.29. The number of hydrogen-bond acceptors (Lipinski definition) is 2. The molecule has 1 unspecified atom stereocenters. The Kier molecular flexibility index (Phi) is 8.01. The largest absolute Gasteiger partial charge is 0.314 e. The molecule has 0 aromatic heterocycles. The maximum Gasteiger partial charge on any atom is 0.00389 e. The van der Waals surface area contributed by atoms with Crippen LogP contribution in [0.4, 0.5) is 0 Å². The van der Waals surface area contributed by atoms with Gasteiger partial charge in [-0.25, -0.2) is 0 Å². The molecule has 2 heteroatoms. The second-order valence-corrected chi connectivity index (χ2v) is 7.10. The van der Waals surface area contributed by atoms with E-state index in [-0.39, 0.29) is 0 Å². The average Bonchev–Trinajstić information content (AvgIpc) is 2.40. The topological polar surface area (TPSA) is 15.3 Å². The normalized spacial score (nSPS) is 21.5. The summed E-state index contributed by atoms with van der Waals surface area (Å²) < 4.78 is 0. The van der Waals surface area contributed by atoms with Crippen LogP contribution in [0.3, 0.4) is 0 Å². The minimum atomic E-state index is 0.531. The van der Waals surface area contributed by atoms with Crippen LogP contribution in [0.15, 0.2) is 0 Å². The molecule has 2 nitrogen and oxygen atoms in total. The Morgan fingerprint density at radius 2 is 1.74 bits per heavy atom. The van der Waals surface area contributed by atoms with Gasteiger partial charge in [0.05, 0.1) is 0 Å². The van der Waals surface area contributed by atoms with Crippen LogP contribution in [0.25, 0.3) is 0 Å². The molecule has 1 N–H and O–H groups in total. The van der Waals surface area contributed by atoms with Gasteiger partial charge in [0, 0.05) is 12.6 Å². The number of unbranched alkanes of at least 4 members (excludes halogenated alkanes) is 4. The summed E-state index contributed by atoms with van der Waals surface area (Å²) in [7, 11) is 2.24. The first-order valence-corrected chi connectivity index (χ1v) is 8.48. The van der Waals surface area contributed by atoms with Crippen LogP contribution in [0.5, 0.6) is 0 Å². The van der Waals surface area contributed by atoms with E-state index in [1.807, 2.05) is 0 Å². The predicted octanol–water partition coefficient (Wildman–Crippen LogP) is 4.06. The molecule has 0 aliphatic carbocycles. The number of piperidine rings is 1. The van der Waals surface area contributed by atoms with Crippen molar-refractivity contribution in [3.8, 4) is 0 Å². The highest BCUT2D eigenvalue weighted by molar-refractivity contribution is 4.84. The van der Waals surface area contributed by atoms with E-state index in [1.54, 1.807) is 0 Å². The van der Waals surface area contributed by atoms with Crippen molar-refractivity contribution in [2.24, 2.45) is 5.41 Å². The molecule has 1 fully saturated rings. The molecule has 1 aliphatic rings. The quantitative estimate of drug-likeness (QED) is 0.635. The van der Waals surface area contributed by atoms with E-state index in [4.69, 9.17) is 0 Å². The van der Waals surface area contributed by atoms with Crippen molar-refractivity contribution in [2.75, 3.05) is 26.7 Å². The van der Waals surface area contributed by atoms with E-state index in [2.05, 4.69) is 38.0 Å². The number of rotatable bonds is 9. The second-order valence-electron chi connectivity index (χ2n) is 7.10. The minimum absolute atomic E-state index is 0.531. The molecule has 0 bridgehead atoms. The van der Waals surface area contributed by atoms with Gasteiger partial charge in [0.15, 0.2) is 0 Å². The van der Waals surface area contributed by atoms with Gasteiger partial charge in [-0.05, 0) is 51.7 Å². The third kappa shape index (κ3) is 7.31. The van der Waals surface area contributed by atoms with Crippen LogP contribution in [0.1, 0.15) is 72.1 Å². The summed E-state index contributed by atoms with van der Waals surface area (Å²) in [5, 5.41) is 3.78. The Morgan fingerprint density at radius 1 is 1.11 bits per heavy atom. The van der Waals surface area contributed by atoms with Crippen molar-refractivity contribution in [1.82, 2.24) is 10.2 Å². The van der Waals surface area contributed by atoms with Gasteiger partial charge in [0.25, 0.3) is 0 Å². The molecule has 1 rings (SSSR count). The first kappa shape index (κ1) is 17.0. The van der Waals surface area contributed by atoms with Crippen LogP contribution in [0.2, 0.25) is 0 Å². The Bertz CT molecular complexity index is 219. The Morgan fingerprint density at radius 3 is 2.37 bits per heavy atom. The van der Waals surface area contributed by atoms with Gasteiger partial charge >= 0.3 is 0 Å². The van der Waals surface area contributed by atoms with E-state index in [0.717, 1.165) is 0 Å². The van der Waals surface area contributed by atoms with Crippen LogP contribution in [0, 0.1) is 5.41 Å². The lowest BCUT2D eigenvalue weighted by Crippen LogP contribution is -2.44. The van der Waals surface area contributed by atoms with E-state index in [0.29, 0.717) is 11.5 Å². The second kappa shape index (κ2) is 8.97. The van der Waals surface area contributed by atoms with Gasteiger partial charge in [0.1, 0.15) is 0 Å². The van der Waals surface area contributed by atoms with Gasteiger partial charge in [-0.2, -0.15) is 0 Å². The molecule has 1 saturated heterocycles. The SMILES string of the molecule is CCCCCCCC(C)NCC1(C)CCN(C)CC1. The highest BCUT2D eigenvalue weighted by Gasteiger charge is 2.28. The first-order chi connectivity index (χ1) is 9.06. The van der Waals surface area contributed by atoms with Crippen molar-refractivity contribution in [3.63, 3.8) is 0 Å². The summed E-state index contributed by atoms with van der Waals surface area (Å²) in [6.45, 7) is 10.8. The molecular weight excluding hydrogens is 232 g/mol. The zero-order chi connectivity index (χ0) is 14.1. The summed E-state index contributed by atoms with van der Waals surface area (Å²) in [5.74, 6) is 0. The Hall–Kier alpha value is -0.0800. The molecule has 0 saturated carbocycles. The number of nitrogens with one attached hydrogen (secondary N) is 1. The molecule has 0 radical (unpaired) electrons. The van der Waals surface area contributed by atoms with Crippen molar-refractivity contribution < 1.29 is 0 Å². The molecule has 114 valence electrons. The fraction of sp³-hybridized carbons (Fsp3) is 1.00. The van der Waals surface area contributed by atoms with E-state index in [1.165, 1.54) is 71.0 Å². The molecule has 0 aromatic rings. The van der Waals surface area contributed by atoms with Crippen molar-refractivity contribution in [3.05, 3.63) is 0 Å². The lowest BCUT2D eigenvalue weighted by molar-refractivity contribution is 0.133. The summed E-state index contributed by atoms with van der Waals surface area (Å²) in [6, 6.07) is 0.693. The molecule has 1 heterocycles. The van der Waals surface area contributed by atoms with Gasteiger partial charge < -0.3 is 10.2 Å². The Balaban J connectivity index is 2.07. The third-order valence-corrected chi connectivity index (χ3v) is 4.81. The maximum atomic E-state index is 3.78. The van der Waals surface area contributed by atoms with Crippen molar-refractivity contribution in [2.45, 2.75) is 78.2 Å². The fourth-order valence-corrected chi connectivity index (χ4v) is 2.91. The predicted molar refractivity (Wildman–Crippen MR) is 85.7 cm³/mol. The highest BCUT2D eigenvalue weighted by atomic mass is 15.1. The third-order valence-electron chi connectivity index (χ3n) is 4.81. The zero-order valence-electron chi connectivity index (χ0n) is 13.8. The van der Waals surface area contributed by atoms with Crippen molar-refractivity contribution in [1.29, 1.82) is 0 Å². The van der Waals surface area contributed by atoms with Crippen LogP contribution in [-0.2, 0) is 0 Å². The fourth-order valence-electron chi connectivity index (χ4n) is 2.91. The number of nitrogens with zero attached hydrogens (tertiary/aromatic N) is 1. The molecule has 1 aliphatic heterocycles. The van der Waals surface area contributed by atoms with Crippen LogP contribution in [-0.4, -0.2) is 37.6 Å². The van der Waals surface area contributed by atoms with E-state index >= 15 is 0 Å². The molecule has 0 amide bonds. The molecule has 1 atom stereocenters. The number of likely N-dealkylation sites (tertiary alicyclic amines) is 1. The summed E-state index contributed by atoms with van der Waals surface area (Å²) in [4.78, 5) is 2.46. The monoisotopic (exact) mass is 268 g/mol. The van der Waals surface area contributed by atoms with Gasteiger partial charge in [0.2, 0.25) is 0 Å². The summed E-state index contributed by atoms with van der Waals surface area (Å²) in [6.07, 6.45) is 11.0. The van der Waals surface area contributed by atoms with Gasteiger partial charge in [-0.1, -0.05) is 46.0 Å². The summed E-state index contributed by atoms with van der Waals surface area (Å²) >= 11 is 0. The molecule has 0 spiro atoms. The molecule has 19 heavy (non-hydrogen) atoms. The first-order valence-electron chi connectivity index (χ1n) is 8.48.